The third kappa shape index (κ3) is 2.55. The van der Waals surface area contributed by atoms with Gasteiger partial charge in [-0.1, -0.05) is 15.9 Å². The van der Waals surface area contributed by atoms with Gasteiger partial charge in [-0.15, -0.1) is 0 Å². The summed E-state index contributed by atoms with van der Waals surface area (Å²) in [4.78, 5) is 32.7. The number of halogens is 1. The quantitative estimate of drug-likeness (QED) is 0.899. The number of rotatable bonds is 2. The summed E-state index contributed by atoms with van der Waals surface area (Å²) < 4.78 is 0.789. The number of amides is 2. The van der Waals surface area contributed by atoms with Gasteiger partial charge in [-0.25, -0.2) is 9.97 Å². The third-order valence-corrected chi connectivity index (χ3v) is 2.98. The minimum absolute atomic E-state index is 0.163. The van der Waals surface area contributed by atoms with Crippen LogP contribution in [0.25, 0.3) is 10.9 Å². The van der Waals surface area contributed by atoms with Crippen LogP contribution in [-0.4, -0.2) is 40.8 Å². The van der Waals surface area contributed by atoms with E-state index in [1.807, 2.05) is 0 Å². The van der Waals surface area contributed by atoms with Gasteiger partial charge in [0.15, 0.2) is 0 Å². The van der Waals surface area contributed by atoms with Crippen molar-refractivity contribution in [2.75, 3.05) is 14.1 Å². The summed E-state index contributed by atoms with van der Waals surface area (Å²) >= 11 is 3.31. The average Bonchev–Trinajstić information content (AvgIpc) is 2.35. The smallest absolute Gasteiger partial charge is 0.286 e. The Morgan fingerprint density at radius 3 is 2.53 bits per heavy atom. The first kappa shape index (κ1) is 13.4. The molecule has 2 rings (SSSR count). The van der Waals surface area contributed by atoms with Gasteiger partial charge in [-0.05, 0) is 18.2 Å². The van der Waals surface area contributed by atoms with Gasteiger partial charge >= 0.3 is 0 Å². The number of benzene rings is 1. The van der Waals surface area contributed by atoms with Gasteiger partial charge < -0.3 is 10.6 Å². The van der Waals surface area contributed by atoms with Gasteiger partial charge in [0.2, 0.25) is 5.82 Å². The molecule has 0 spiro atoms. The molecule has 1 aromatic carbocycles. The number of nitrogens with zero attached hydrogens (tertiary/aromatic N) is 3. The summed E-state index contributed by atoms with van der Waals surface area (Å²) in [6, 6.07) is 5.21. The van der Waals surface area contributed by atoms with E-state index in [1.54, 1.807) is 32.3 Å². The third-order valence-electron chi connectivity index (χ3n) is 2.49. The minimum atomic E-state index is -0.769. The molecule has 0 aliphatic heterocycles. The van der Waals surface area contributed by atoms with Crippen LogP contribution in [0.2, 0.25) is 0 Å². The Balaban J connectivity index is 2.79. The van der Waals surface area contributed by atoms with Gasteiger partial charge in [0.1, 0.15) is 5.69 Å². The lowest BCUT2D eigenvalue weighted by molar-refractivity contribution is 0.0823. The molecule has 0 aliphatic rings. The lowest BCUT2D eigenvalue weighted by atomic mass is 10.1. The Hall–Kier alpha value is -2.02. The van der Waals surface area contributed by atoms with E-state index in [-0.39, 0.29) is 17.4 Å². The molecule has 6 nitrogen and oxygen atoms in total. The molecule has 98 valence electrons. The molecule has 0 fully saturated rings. The number of hydrogen-bond donors (Lipinski definition) is 1. The fourth-order valence-corrected chi connectivity index (χ4v) is 1.94. The molecule has 2 aromatic rings. The van der Waals surface area contributed by atoms with E-state index >= 15 is 0 Å². The normalized spacial score (nSPS) is 10.5. The molecular formula is C12H11BrN4O2. The zero-order valence-electron chi connectivity index (χ0n) is 10.3. The highest BCUT2D eigenvalue weighted by Crippen LogP contribution is 2.21. The van der Waals surface area contributed by atoms with Crippen molar-refractivity contribution in [3.63, 3.8) is 0 Å². The van der Waals surface area contributed by atoms with Crippen molar-refractivity contribution in [1.29, 1.82) is 0 Å². The van der Waals surface area contributed by atoms with E-state index in [2.05, 4.69) is 25.9 Å². The second kappa shape index (κ2) is 4.93. The summed E-state index contributed by atoms with van der Waals surface area (Å²) in [5.41, 5.74) is 5.84. The highest BCUT2D eigenvalue weighted by molar-refractivity contribution is 9.10. The molecule has 2 amide bonds. The highest BCUT2D eigenvalue weighted by atomic mass is 79.9. The van der Waals surface area contributed by atoms with Gasteiger partial charge in [0.25, 0.3) is 11.8 Å². The summed E-state index contributed by atoms with van der Waals surface area (Å²) in [7, 11) is 3.22. The van der Waals surface area contributed by atoms with Crippen molar-refractivity contribution in [3.8, 4) is 0 Å². The Morgan fingerprint density at radius 1 is 1.26 bits per heavy atom. The molecule has 1 aromatic heterocycles. The standard InChI is InChI=1S/C12H11BrN4O2/c1-17(2)12(19)9-7-4-3-6(13)5-8(7)15-11(16-9)10(14)18/h3-5H,1-2H3,(H2,14,18). The van der Waals surface area contributed by atoms with Crippen LogP contribution in [0.5, 0.6) is 0 Å². The number of carbonyl (C=O) groups is 2. The predicted molar refractivity (Wildman–Crippen MR) is 73.8 cm³/mol. The Labute approximate surface area is 117 Å². The zero-order chi connectivity index (χ0) is 14.2. The first-order chi connectivity index (χ1) is 8.90. The van der Waals surface area contributed by atoms with E-state index in [0.29, 0.717) is 10.9 Å². The number of nitrogens with two attached hydrogens (primary N) is 1. The second-order valence-corrected chi connectivity index (χ2v) is 5.04. The summed E-state index contributed by atoms with van der Waals surface area (Å²) in [6.07, 6.45) is 0. The molecule has 0 saturated carbocycles. The molecule has 0 aliphatic carbocycles. The first-order valence-corrected chi connectivity index (χ1v) is 6.18. The highest BCUT2D eigenvalue weighted by Gasteiger charge is 2.18. The maximum Gasteiger partial charge on any atom is 0.286 e. The van der Waals surface area contributed by atoms with Crippen LogP contribution < -0.4 is 5.73 Å². The Kier molecular flexibility index (Phi) is 3.48. The van der Waals surface area contributed by atoms with E-state index < -0.39 is 5.91 Å². The summed E-state index contributed by atoms with van der Waals surface area (Å²) in [5.74, 6) is -1.25. The van der Waals surface area contributed by atoms with E-state index in [9.17, 15) is 9.59 Å². The van der Waals surface area contributed by atoms with Crippen molar-refractivity contribution >= 4 is 38.6 Å². The molecule has 0 unspecified atom stereocenters. The average molecular weight is 323 g/mol. The molecule has 7 heteroatoms. The minimum Gasteiger partial charge on any atom is -0.363 e. The molecule has 19 heavy (non-hydrogen) atoms. The topological polar surface area (TPSA) is 89.2 Å². The van der Waals surface area contributed by atoms with Gasteiger partial charge in [0.05, 0.1) is 5.52 Å². The van der Waals surface area contributed by atoms with Crippen LogP contribution in [0.3, 0.4) is 0 Å². The maximum absolute atomic E-state index is 12.1. The van der Waals surface area contributed by atoms with Crippen molar-refractivity contribution in [2.24, 2.45) is 5.73 Å². The van der Waals surface area contributed by atoms with E-state index in [4.69, 9.17) is 5.73 Å². The lowest BCUT2D eigenvalue weighted by Crippen LogP contribution is -2.25. The molecule has 0 radical (unpaired) electrons. The number of primary amides is 1. The largest absolute Gasteiger partial charge is 0.363 e. The van der Waals surface area contributed by atoms with Crippen LogP contribution in [0.4, 0.5) is 0 Å². The maximum atomic E-state index is 12.1. The van der Waals surface area contributed by atoms with Crippen LogP contribution in [0.15, 0.2) is 22.7 Å². The fraction of sp³-hybridized carbons (Fsp3) is 0.167. The lowest BCUT2D eigenvalue weighted by Gasteiger charge is -2.12. The van der Waals surface area contributed by atoms with Crippen LogP contribution in [0.1, 0.15) is 21.1 Å². The molecule has 2 N–H and O–H groups in total. The van der Waals surface area contributed by atoms with E-state index in [0.717, 1.165) is 4.47 Å². The Bertz CT molecular complexity index is 685. The fourth-order valence-electron chi connectivity index (χ4n) is 1.59. The van der Waals surface area contributed by atoms with Crippen molar-refractivity contribution < 1.29 is 9.59 Å². The molecular weight excluding hydrogens is 312 g/mol. The number of fused-ring (bicyclic) bond motifs is 1. The molecule has 1 heterocycles. The SMILES string of the molecule is CN(C)C(=O)c1nc(C(N)=O)nc2cc(Br)ccc12. The van der Waals surface area contributed by atoms with Crippen LogP contribution in [0, 0.1) is 0 Å². The molecule has 0 saturated heterocycles. The monoisotopic (exact) mass is 322 g/mol. The van der Waals surface area contributed by atoms with Crippen LogP contribution >= 0.6 is 15.9 Å². The van der Waals surface area contributed by atoms with Crippen LogP contribution in [-0.2, 0) is 0 Å². The predicted octanol–water partition coefficient (Wildman–Crippen LogP) is 1.19. The number of hydrogen-bond acceptors (Lipinski definition) is 4. The number of aromatic nitrogens is 2. The van der Waals surface area contributed by atoms with Gasteiger partial charge in [-0.2, -0.15) is 0 Å². The first-order valence-electron chi connectivity index (χ1n) is 5.39. The summed E-state index contributed by atoms with van der Waals surface area (Å²) in [6.45, 7) is 0. The van der Waals surface area contributed by atoms with Crippen molar-refractivity contribution in [1.82, 2.24) is 14.9 Å². The molecule has 0 bridgehead atoms. The second-order valence-electron chi connectivity index (χ2n) is 4.12. The number of carbonyl (C=O) groups excluding carboxylic acids is 2. The molecule has 0 atom stereocenters. The van der Waals surface area contributed by atoms with Crippen molar-refractivity contribution in [3.05, 3.63) is 34.2 Å². The van der Waals surface area contributed by atoms with Crippen molar-refractivity contribution in [2.45, 2.75) is 0 Å². The van der Waals surface area contributed by atoms with Gasteiger partial charge in [-0.3, -0.25) is 9.59 Å². The van der Waals surface area contributed by atoms with Gasteiger partial charge in [0, 0.05) is 24.0 Å². The Morgan fingerprint density at radius 2 is 1.95 bits per heavy atom. The van der Waals surface area contributed by atoms with E-state index in [1.165, 1.54) is 4.90 Å². The summed E-state index contributed by atoms with van der Waals surface area (Å²) in [5, 5.41) is 0.576. The zero-order valence-corrected chi connectivity index (χ0v) is 11.9.